The van der Waals surface area contributed by atoms with E-state index in [1.165, 1.54) is 56.5 Å². The SMILES string of the molecule is CCS(=O)(=O)Nc1cccc(C2=NN(S(=O)(=O)c3ccc(OC)cc3)C(c3cccc([N+](=O)[O-])c3)C2)c1. The number of nitrogens with one attached hydrogen (secondary N) is 1. The van der Waals surface area contributed by atoms with Crippen LogP contribution in [-0.4, -0.2) is 44.7 Å². The van der Waals surface area contributed by atoms with E-state index in [0.717, 1.165) is 4.41 Å². The van der Waals surface area contributed by atoms with E-state index in [-0.39, 0.29) is 22.8 Å². The first-order valence-corrected chi connectivity index (χ1v) is 14.2. The zero-order valence-electron chi connectivity index (χ0n) is 19.9. The fourth-order valence-corrected chi connectivity index (χ4v) is 5.91. The van der Waals surface area contributed by atoms with Gasteiger partial charge in [0.15, 0.2) is 0 Å². The summed E-state index contributed by atoms with van der Waals surface area (Å²) in [7, 11) is -6.23. The first-order valence-electron chi connectivity index (χ1n) is 11.2. The lowest BCUT2D eigenvalue weighted by Crippen LogP contribution is -2.27. The molecule has 0 aliphatic carbocycles. The van der Waals surface area contributed by atoms with Crippen LogP contribution in [0.2, 0.25) is 0 Å². The Balaban J connectivity index is 1.79. The van der Waals surface area contributed by atoms with Crippen LogP contribution in [-0.2, 0) is 20.0 Å². The van der Waals surface area contributed by atoms with Crippen molar-refractivity contribution in [3.63, 3.8) is 0 Å². The largest absolute Gasteiger partial charge is 0.497 e. The Bertz CT molecular complexity index is 1570. The van der Waals surface area contributed by atoms with Crippen molar-refractivity contribution < 1.29 is 26.5 Å². The molecule has 1 atom stereocenters. The average Bonchev–Trinajstić information content (AvgIpc) is 3.35. The summed E-state index contributed by atoms with van der Waals surface area (Å²) in [6.45, 7) is 1.51. The van der Waals surface area contributed by atoms with E-state index in [9.17, 15) is 26.9 Å². The van der Waals surface area contributed by atoms with Crippen molar-refractivity contribution in [2.75, 3.05) is 17.6 Å². The number of ether oxygens (including phenoxy) is 1. The van der Waals surface area contributed by atoms with E-state index < -0.39 is 31.0 Å². The first-order chi connectivity index (χ1) is 17.5. The number of hydrogen-bond acceptors (Lipinski definition) is 8. The first kappa shape index (κ1) is 26.1. The maximum atomic E-state index is 13.7. The Morgan fingerprint density at radius 3 is 2.41 bits per heavy atom. The molecule has 0 saturated heterocycles. The molecule has 0 aromatic heterocycles. The molecule has 4 rings (SSSR count). The Labute approximate surface area is 214 Å². The molecular formula is C24H24N4O7S2. The second-order valence-corrected chi connectivity index (χ2v) is 12.0. The maximum Gasteiger partial charge on any atom is 0.279 e. The minimum absolute atomic E-state index is 0.0295. The lowest BCUT2D eigenvalue weighted by molar-refractivity contribution is -0.384. The molecule has 13 heteroatoms. The van der Waals surface area contributed by atoms with Gasteiger partial charge < -0.3 is 4.74 Å². The van der Waals surface area contributed by atoms with Gasteiger partial charge in [0, 0.05) is 24.2 Å². The molecule has 0 fully saturated rings. The molecule has 194 valence electrons. The Kier molecular flexibility index (Phi) is 7.18. The summed E-state index contributed by atoms with van der Waals surface area (Å²) in [6.07, 6.45) is 0.112. The second kappa shape index (κ2) is 10.2. The number of nitrogens with zero attached hydrogens (tertiary/aromatic N) is 3. The molecule has 11 nitrogen and oxygen atoms in total. The normalized spacial score (nSPS) is 15.8. The van der Waals surface area contributed by atoms with Crippen LogP contribution in [0.15, 0.2) is 82.8 Å². The quantitative estimate of drug-likeness (QED) is 0.317. The maximum absolute atomic E-state index is 13.7. The van der Waals surface area contributed by atoms with Gasteiger partial charge in [-0.15, -0.1) is 0 Å². The molecule has 0 bridgehead atoms. The van der Waals surface area contributed by atoms with Crippen molar-refractivity contribution in [3.8, 4) is 5.75 Å². The number of nitro benzene ring substituents is 1. The van der Waals surface area contributed by atoms with Crippen LogP contribution >= 0.6 is 0 Å². The number of non-ortho nitro benzene ring substituents is 1. The topological polar surface area (TPSA) is 148 Å². The number of nitro groups is 1. The Morgan fingerprint density at radius 1 is 1.05 bits per heavy atom. The van der Waals surface area contributed by atoms with Crippen LogP contribution in [0.3, 0.4) is 0 Å². The van der Waals surface area contributed by atoms with Crippen LogP contribution in [0.25, 0.3) is 0 Å². The highest BCUT2D eigenvalue weighted by Crippen LogP contribution is 2.38. The van der Waals surface area contributed by atoms with Crippen LogP contribution in [0.5, 0.6) is 5.75 Å². The van der Waals surface area contributed by atoms with Crippen molar-refractivity contribution in [1.29, 1.82) is 0 Å². The summed E-state index contributed by atoms with van der Waals surface area (Å²) in [6, 6.07) is 17.2. The van der Waals surface area contributed by atoms with Gasteiger partial charge in [-0.3, -0.25) is 14.8 Å². The van der Waals surface area contributed by atoms with Crippen molar-refractivity contribution in [2.24, 2.45) is 5.10 Å². The van der Waals surface area contributed by atoms with Gasteiger partial charge in [0.25, 0.3) is 15.7 Å². The molecule has 0 saturated carbocycles. The highest BCUT2D eigenvalue weighted by atomic mass is 32.2. The summed E-state index contributed by atoms with van der Waals surface area (Å²) in [4.78, 5) is 10.8. The molecule has 37 heavy (non-hydrogen) atoms. The Morgan fingerprint density at radius 2 is 1.76 bits per heavy atom. The third kappa shape index (κ3) is 5.57. The smallest absolute Gasteiger partial charge is 0.279 e. The fourth-order valence-electron chi connectivity index (χ4n) is 3.85. The van der Waals surface area contributed by atoms with E-state index >= 15 is 0 Å². The summed E-state index contributed by atoms with van der Waals surface area (Å²) in [5.41, 5.74) is 1.42. The molecular weight excluding hydrogens is 520 g/mol. The summed E-state index contributed by atoms with van der Waals surface area (Å²) in [5.74, 6) is 0.368. The molecule has 3 aromatic carbocycles. The van der Waals surface area contributed by atoms with Gasteiger partial charge in [-0.05, 0) is 54.4 Å². The zero-order chi connectivity index (χ0) is 26.8. The Hall–Kier alpha value is -3.97. The second-order valence-electron chi connectivity index (χ2n) is 8.16. The van der Waals surface area contributed by atoms with E-state index in [0.29, 0.717) is 28.3 Å². The van der Waals surface area contributed by atoms with Crippen molar-refractivity contribution in [1.82, 2.24) is 4.41 Å². The third-order valence-electron chi connectivity index (χ3n) is 5.79. The number of rotatable bonds is 9. The number of methoxy groups -OCH3 is 1. The molecule has 1 aliphatic heterocycles. The molecule has 1 unspecified atom stereocenters. The van der Waals surface area contributed by atoms with Crippen LogP contribution < -0.4 is 9.46 Å². The van der Waals surface area contributed by atoms with Gasteiger partial charge in [0.1, 0.15) is 5.75 Å². The average molecular weight is 545 g/mol. The van der Waals surface area contributed by atoms with Gasteiger partial charge in [-0.25, -0.2) is 8.42 Å². The van der Waals surface area contributed by atoms with Gasteiger partial charge in [0.2, 0.25) is 10.0 Å². The van der Waals surface area contributed by atoms with Crippen LogP contribution in [0.1, 0.15) is 30.5 Å². The van der Waals surface area contributed by atoms with Crippen LogP contribution in [0.4, 0.5) is 11.4 Å². The van der Waals surface area contributed by atoms with Gasteiger partial charge in [-0.2, -0.15) is 17.9 Å². The minimum Gasteiger partial charge on any atom is -0.497 e. The zero-order valence-corrected chi connectivity index (χ0v) is 21.6. The fraction of sp³-hybridized carbons (Fsp3) is 0.208. The summed E-state index contributed by atoms with van der Waals surface area (Å²) in [5, 5.41) is 15.8. The number of hydrazone groups is 1. The molecule has 0 amide bonds. The van der Waals surface area contributed by atoms with Gasteiger partial charge in [0.05, 0.1) is 34.4 Å². The van der Waals surface area contributed by atoms with E-state index in [1.54, 1.807) is 30.3 Å². The summed E-state index contributed by atoms with van der Waals surface area (Å²) < 4.78 is 59.9. The van der Waals surface area contributed by atoms with Crippen molar-refractivity contribution >= 4 is 37.1 Å². The van der Waals surface area contributed by atoms with E-state index in [2.05, 4.69) is 9.82 Å². The van der Waals surface area contributed by atoms with E-state index in [4.69, 9.17) is 4.74 Å². The number of hydrogen-bond donors (Lipinski definition) is 1. The summed E-state index contributed by atoms with van der Waals surface area (Å²) >= 11 is 0. The standard InChI is InChI=1S/C24H24N4O7S2/c1-3-36(31,32)26-19-8-4-6-17(14-19)23-16-24(18-7-5-9-20(15-18)28(29)30)27(25-23)37(33,34)22-12-10-21(35-2)11-13-22/h4-15,24,26H,3,16H2,1-2H3. The molecule has 0 radical (unpaired) electrons. The molecule has 1 heterocycles. The van der Waals surface area contributed by atoms with Crippen molar-refractivity contribution in [2.45, 2.75) is 24.3 Å². The van der Waals surface area contributed by atoms with Gasteiger partial charge in [-0.1, -0.05) is 24.3 Å². The van der Waals surface area contributed by atoms with Gasteiger partial charge >= 0.3 is 0 Å². The molecule has 1 N–H and O–H groups in total. The predicted octanol–water partition coefficient (Wildman–Crippen LogP) is 3.91. The number of sulfonamides is 2. The third-order valence-corrected chi connectivity index (χ3v) is 8.79. The lowest BCUT2D eigenvalue weighted by Gasteiger charge is -2.23. The highest BCUT2D eigenvalue weighted by Gasteiger charge is 2.38. The predicted molar refractivity (Wildman–Crippen MR) is 139 cm³/mol. The van der Waals surface area contributed by atoms with Crippen LogP contribution in [0, 0.1) is 10.1 Å². The number of anilines is 1. The monoisotopic (exact) mass is 544 g/mol. The molecule has 0 spiro atoms. The van der Waals surface area contributed by atoms with Crippen molar-refractivity contribution in [3.05, 3.63) is 94.0 Å². The number of benzene rings is 3. The lowest BCUT2D eigenvalue weighted by atomic mass is 9.98. The van der Waals surface area contributed by atoms with E-state index in [1.807, 2.05) is 0 Å². The highest BCUT2D eigenvalue weighted by molar-refractivity contribution is 7.92. The minimum atomic E-state index is -4.17. The molecule has 1 aliphatic rings. The molecule has 3 aromatic rings.